The zero-order valence-corrected chi connectivity index (χ0v) is 61.1. The molecular weight excluding hydrogens is 1510 g/mol. The second-order valence-corrected chi connectivity index (χ2v) is 27.0. The van der Waals surface area contributed by atoms with E-state index in [1.807, 2.05) is 0 Å². The van der Waals surface area contributed by atoms with E-state index in [1.54, 1.807) is 0 Å². The lowest BCUT2D eigenvalue weighted by Gasteiger charge is -2.43. The van der Waals surface area contributed by atoms with Crippen LogP contribution in [0.3, 0.4) is 0 Å². The molecule has 7 aliphatic rings. The van der Waals surface area contributed by atoms with Gasteiger partial charge in [-0.25, -0.2) is 9.48 Å². The van der Waals surface area contributed by atoms with E-state index in [0.717, 1.165) is 106 Å². The zero-order chi connectivity index (χ0) is 82.3. The standard InChI is InChI=1S/C77H71N9O29/c1-30-49(94)20-39-22-51(30)114-52-21-38(12-18-48(52)93)63(86-27-41(84-85-86)28-108-77-69(111-34(5)90)68(110-33(4)89)67(109-32(3)88)55(115-77)29-107-31(2)87)75(104)83-62-65(97)36-9-15-44(16-10-36)113-54-24-40-23-53(66(54)98)112-43-13-7-35(8-14-43)64(96)61-74(103)81-60(76(105)106-6)46-25-42(91)26-50(95)56(46)45-19-37(11-17-47(45)92)57(70(99)82-61)78-72(101)59(40)79-71(100)58(39)80-73(62)102/h7-27,55,57-65,67-69,77,91-98H,28-29H2,1-6H3,(H,78,101)(H,79,100)(H,80,102)(H,81,103)(H,82,99)(H,83,104)/t55-,57-,58+,59-,60-,61+,62-,63-,64-,65-,67-,68+,69+,77+/m1/s1. The molecule has 38 heteroatoms. The lowest BCUT2D eigenvalue weighted by molar-refractivity contribution is -0.310. The van der Waals surface area contributed by atoms with Gasteiger partial charge in [-0.1, -0.05) is 41.6 Å². The lowest BCUT2D eigenvalue weighted by Crippen LogP contribution is -2.62. The predicted octanol–water partition coefficient (Wildman–Crippen LogP) is 3.35. The highest BCUT2D eigenvalue weighted by molar-refractivity contribution is 6.00. The number of nitrogens with zero attached hydrogens (tertiary/aromatic N) is 3. The molecule has 15 rings (SSSR count). The van der Waals surface area contributed by atoms with Crippen LogP contribution in [0.2, 0.25) is 0 Å². The summed E-state index contributed by atoms with van der Waals surface area (Å²) in [7, 11) is 0.954. The maximum atomic E-state index is 16.1. The van der Waals surface area contributed by atoms with Crippen LogP contribution in [-0.4, -0.2) is 178 Å². The number of amides is 6. The molecule has 1 saturated heterocycles. The van der Waals surface area contributed by atoms with Crippen LogP contribution < -0.4 is 46.1 Å². The largest absolute Gasteiger partial charge is 0.508 e. The fraction of sp³-hybridized carbons (Fsp3) is 0.286. The number of carbonyl (C=O) groups excluding carboxylic acids is 11. The summed E-state index contributed by atoms with van der Waals surface area (Å²) < 4.78 is 58.8. The van der Waals surface area contributed by atoms with Gasteiger partial charge in [0.2, 0.25) is 41.2 Å². The van der Waals surface area contributed by atoms with Gasteiger partial charge in [0.15, 0.2) is 59.7 Å². The second kappa shape index (κ2) is 32.3. The number of aromatic nitrogens is 3. The minimum atomic E-state index is -2.25. The Kier molecular flexibility index (Phi) is 22.2. The molecule has 6 amide bonds. The Labute approximate surface area is 648 Å². The number of fused-ring (bicyclic) bond motifs is 14. The average molecular weight is 1590 g/mol. The number of hydrogen-bond donors (Lipinski definition) is 14. The van der Waals surface area contributed by atoms with Crippen LogP contribution in [0.5, 0.6) is 69.0 Å². The lowest BCUT2D eigenvalue weighted by atomic mass is 9.89. The molecule has 17 bridgehead atoms. The number of methoxy groups -OCH3 is 1. The molecule has 8 heterocycles. The molecule has 115 heavy (non-hydrogen) atoms. The van der Waals surface area contributed by atoms with Crippen LogP contribution in [0.1, 0.15) is 120 Å². The fourth-order valence-electron chi connectivity index (χ4n) is 13.6. The number of aromatic hydroxyl groups is 6. The predicted molar refractivity (Wildman–Crippen MR) is 383 cm³/mol. The number of hydrogen-bond acceptors (Lipinski definition) is 31. The summed E-state index contributed by atoms with van der Waals surface area (Å²) in [5.41, 5.74) is -2.73. The molecule has 7 aromatic carbocycles. The molecule has 1 aromatic heterocycles. The van der Waals surface area contributed by atoms with Gasteiger partial charge < -0.3 is 120 Å². The Morgan fingerprint density at radius 2 is 1.01 bits per heavy atom. The van der Waals surface area contributed by atoms with Crippen molar-refractivity contribution in [2.45, 2.75) is 126 Å². The first-order valence-electron chi connectivity index (χ1n) is 35.0. The van der Waals surface area contributed by atoms with Crippen molar-refractivity contribution in [1.29, 1.82) is 0 Å². The van der Waals surface area contributed by atoms with Crippen molar-refractivity contribution in [3.05, 3.63) is 178 Å². The molecule has 0 radical (unpaired) electrons. The minimum Gasteiger partial charge on any atom is -0.508 e. The van der Waals surface area contributed by atoms with Crippen molar-refractivity contribution < 1.29 is 141 Å². The highest BCUT2D eigenvalue weighted by Gasteiger charge is 2.53. The normalized spacial score (nSPS) is 23.8. The molecule has 7 aliphatic heterocycles. The first-order valence-corrected chi connectivity index (χ1v) is 35.0. The van der Waals surface area contributed by atoms with Crippen LogP contribution >= 0.6 is 0 Å². The highest BCUT2D eigenvalue weighted by Crippen LogP contribution is 2.48. The number of rotatable bonds is 10. The molecule has 0 unspecified atom stereocenters. The topological polar surface area (TPSA) is 545 Å². The van der Waals surface area contributed by atoms with Crippen LogP contribution in [0.4, 0.5) is 0 Å². The van der Waals surface area contributed by atoms with E-state index in [0.29, 0.717) is 0 Å². The monoisotopic (exact) mass is 1590 g/mol. The first kappa shape index (κ1) is 79.0. The quantitative estimate of drug-likeness (QED) is 0.0689. The van der Waals surface area contributed by atoms with Gasteiger partial charge in [0.05, 0.1) is 19.9 Å². The van der Waals surface area contributed by atoms with E-state index >= 15 is 24.0 Å². The van der Waals surface area contributed by atoms with Crippen molar-refractivity contribution in [3.8, 4) is 80.1 Å². The number of nitrogens with one attached hydrogen (secondary N) is 6. The number of aliphatic hydroxyl groups is 2. The van der Waals surface area contributed by atoms with E-state index in [4.69, 9.17) is 47.4 Å². The molecule has 0 aliphatic carbocycles. The van der Waals surface area contributed by atoms with Crippen molar-refractivity contribution >= 4 is 65.3 Å². The van der Waals surface area contributed by atoms with E-state index in [-0.39, 0.29) is 67.5 Å². The molecular formula is C77H71N9O29. The number of aliphatic hydroxyl groups excluding tert-OH is 2. The van der Waals surface area contributed by atoms with Gasteiger partial charge in [0.1, 0.15) is 101 Å². The minimum absolute atomic E-state index is 0.0695. The zero-order valence-electron chi connectivity index (χ0n) is 61.1. The molecule has 14 N–H and O–H groups in total. The Morgan fingerprint density at radius 1 is 0.496 bits per heavy atom. The summed E-state index contributed by atoms with van der Waals surface area (Å²) >= 11 is 0. The Hall–Kier alpha value is -14.1. The van der Waals surface area contributed by atoms with Gasteiger partial charge in [-0.2, -0.15) is 0 Å². The van der Waals surface area contributed by atoms with E-state index in [9.17, 15) is 69.6 Å². The van der Waals surface area contributed by atoms with E-state index in [1.165, 1.54) is 67.6 Å². The van der Waals surface area contributed by atoms with Gasteiger partial charge in [0.25, 0.3) is 0 Å². The van der Waals surface area contributed by atoms with Gasteiger partial charge in [-0.3, -0.25) is 47.9 Å². The number of benzene rings is 7. The molecule has 0 saturated carbocycles. The molecule has 14 atom stereocenters. The van der Waals surface area contributed by atoms with Gasteiger partial charge in [-0.05, 0) is 119 Å². The number of ether oxygens (including phenoxy) is 10. The van der Waals surface area contributed by atoms with E-state index in [2.05, 4.69) is 42.2 Å². The molecule has 38 nitrogen and oxygen atoms in total. The van der Waals surface area contributed by atoms with Crippen molar-refractivity contribution in [3.63, 3.8) is 0 Å². The number of carbonyl (C=O) groups is 11. The van der Waals surface area contributed by atoms with Crippen LogP contribution in [0.15, 0.2) is 128 Å². The summed E-state index contributed by atoms with van der Waals surface area (Å²) in [5, 5.41) is 118. The maximum absolute atomic E-state index is 16.1. The second-order valence-electron chi connectivity index (χ2n) is 27.0. The maximum Gasteiger partial charge on any atom is 0.333 e. The Morgan fingerprint density at radius 3 is 1.61 bits per heavy atom. The third kappa shape index (κ3) is 16.5. The fourth-order valence-corrected chi connectivity index (χ4v) is 13.6. The van der Waals surface area contributed by atoms with Gasteiger partial charge in [0, 0.05) is 56.0 Å². The molecule has 0 spiro atoms. The van der Waals surface area contributed by atoms with Gasteiger partial charge >= 0.3 is 29.8 Å². The third-order valence-electron chi connectivity index (χ3n) is 19.1. The molecule has 8 aromatic rings. The Bertz CT molecular complexity index is 5270. The summed E-state index contributed by atoms with van der Waals surface area (Å²) in [6.45, 7) is 4.22. The van der Waals surface area contributed by atoms with Gasteiger partial charge in [-0.15, -0.1) is 5.10 Å². The van der Waals surface area contributed by atoms with Crippen molar-refractivity contribution in [2.75, 3.05) is 13.7 Å². The smallest absolute Gasteiger partial charge is 0.333 e. The summed E-state index contributed by atoms with van der Waals surface area (Å²) in [6.07, 6.45) is -11.1. The van der Waals surface area contributed by atoms with Crippen LogP contribution in [-0.2, 0) is 92.5 Å². The Balaban J connectivity index is 0.930. The highest BCUT2D eigenvalue weighted by atomic mass is 16.7. The summed E-state index contributed by atoms with van der Waals surface area (Å²) in [4.78, 5) is 157. The number of phenolic OH excluding ortho intramolecular Hbond substituents is 6. The van der Waals surface area contributed by atoms with E-state index < -0.39 is 227 Å². The summed E-state index contributed by atoms with van der Waals surface area (Å²) in [5.74, 6) is -18.9. The van der Waals surface area contributed by atoms with Crippen LogP contribution in [0, 0.1) is 6.92 Å². The SMILES string of the molecule is COC(=O)[C@@H]1NC(=O)[C@H]2NC(=O)[C@H](NC(=O)[C@@H]3NC(=O)[C@H]4NC(=O)[C@H](NC(=O)[C@H](n5cc(CO[C@H]6O[C@H](COC(C)=O)[C@@H](OC(C)=O)[C@H](OC(C)=O)[C@@H]6OC(C)=O)nn5)c5ccc(O)c(c5)Oc5cc4cc(O)c5C)[C@H](O)c4ccc(cc4)Oc4cc3cc(c4O)Oc3ccc(cc3)[C@H]2O)c2ccc(O)c(c2)-c2c(O)cc(O)cc21. The average Bonchev–Trinajstić information content (AvgIpc) is 0.883. The van der Waals surface area contributed by atoms with Crippen LogP contribution in [0.25, 0.3) is 11.1 Å². The third-order valence-corrected chi connectivity index (χ3v) is 19.1. The number of esters is 5. The van der Waals surface area contributed by atoms with Crippen molar-refractivity contribution in [1.82, 2.24) is 46.9 Å². The first-order chi connectivity index (χ1) is 54.8. The summed E-state index contributed by atoms with van der Waals surface area (Å²) in [6, 6.07) is 8.22. The molecule has 1 fully saturated rings. The van der Waals surface area contributed by atoms with Crippen molar-refractivity contribution in [2.24, 2.45) is 0 Å². The number of phenols is 6. The molecule has 598 valence electrons.